The minimum absolute atomic E-state index is 0.0230. The number of aromatic nitrogens is 2. The minimum atomic E-state index is -1.10. The molecule has 2 N–H and O–H groups in total. The van der Waals surface area contributed by atoms with E-state index in [-0.39, 0.29) is 11.4 Å². The van der Waals surface area contributed by atoms with Crippen LogP contribution in [0.15, 0.2) is 48.8 Å². The Morgan fingerprint density at radius 1 is 1.16 bits per heavy atom. The van der Waals surface area contributed by atoms with Crippen molar-refractivity contribution in [1.29, 1.82) is 0 Å². The van der Waals surface area contributed by atoms with Crippen molar-refractivity contribution in [2.75, 3.05) is 5.32 Å². The van der Waals surface area contributed by atoms with Gasteiger partial charge in [0.1, 0.15) is 17.2 Å². The number of hydrogen-bond acceptors (Lipinski definition) is 4. The van der Waals surface area contributed by atoms with Crippen LogP contribution in [-0.2, 0) is 0 Å². The summed E-state index contributed by atoms with van der Waals surface area (Å²) in [4.78, 5) is 19.8. The van der Waals surface area contributed by atoms with Gasteiger partial charge < -0.3 is 10.4 Å². The lowest BCUT2D eigenvalue weighted by molar-refractivity contribution is 0.0697. The van der Waals surface area contributed by atoms with Crippen molar-refractivity contribution in [3.8, 4) is 0 Å². The first-order chi connectivity index (χ1) is 12.1. The van der Waals surface area contributed by atoms with Crippen molar-refractivity contribution >= 4 is 39.1 Å². The Labute approximate surface area is 141 Å². The summed E-state index contributed by atoms with van der Waals surface area (Å²) in [5.41, 5.74) is 0.959. The number of aromatic carboxylic acids is 1. The van der Waals surface area contributed by atoms with Gasteiger partial charge in [-0.15, -0.1) is 0 Å². The maximum absolute atomic E-state index is 13.4. The fraction of sp³-hybridized carbons (Fsp3) is 0. The van der Waals surface area contributed by atoms with Crippen molar-refractivity contribution in [2.45, 2.75) is 0 Å². The first kappa shape index (κ1) is 14.8. The van der Waals surface area contributed by atoms with Crippen molar-refractivity contribution in [3.05, 3.63) is 72.3 Å². The lowest BCUT2D eigenvalue weighted by Crippen LogP contribution is -1.99. The van der Waals surface area contributed by atoms with E-state index in [1.165, 1.54) is 18.2 Å². The molecule has 4 rings (SSSR count). The third-order valence-corrected chi connectivity index (χ3v) is 3.75. The number of anilines is 2. The third-order valence-electron chi connectivity index (χ3n) is 3.75. The first-order valence-corrected chi connectivity index (χ1v) is 7.39. The SMILES string of the molecule is O=C(O)c1c#cc2c(c1)nc(Nc1cccc(F)c1)c1cnccc12. The van der Waals surface area contributed by atoms with E-state index in [9.17, 15) is 9.18 Å². The molecule has 0 unspecified atom stereocenters. The van der Waals surface area contributed by atoms with Crippen molar-refractivity contribution in [3.63, 3.8) is 0 Å². The number of benzene rings is 1. The summed E-state index contributed by atoms with van der Waals surface area (Å²) in [5.74, 6) is -1.02. The highest BCUT2D eigenvalue weighted by molar-refractivity contribution is 6.10. The van der Waals surface area contributed by atoms with Crippen LogP contribution in [0.5, 0.6) is 0 Å². The number of carboxylic acids is 1. The zero-order valence-electron chi connectivity index (χ0n) is 12.7. The average Bonchev–Trinajstić information content (AvgIpc) is 2.61. The third kappa shape index (κ3) is 2.68. The summed E-state index contributed by atoms with van der Waals surface area (Å²) in [7, 11) is 0. The number of carboxylic acid groups (broad SMARTS) is 1. The number of nitrogens with one attached hydrogen (secondary N) is 1. The molecule has 0 radical (unpaired) electrons. The van der Waals surface area contributed by atoms with Gasteiger partial charge >= 0.3 is 5.97 Å². The van der Waals surface area contributed by atoms with E-state index in [0.717, 1.165) is 5.39 Å². The van der Waals surface area contributed by atoms with Gasteiger partial charge in [0.15, 0.2) is 0 Å². The molecule has 25 heavy (non-hydrogen) atoms. The highest BCUT2D eigenvalue weighted by Gasteiger charge is 2.11. The normalized spacial score (nSPS) is 10.6. The second-order valence-electron chi connectivity index (χ2n) is 5.39. The molecule has 5 nitrogen and oxygen atoms in total. The quantitative estimate of drug-likeness (QED) is 0.594. The summed E-state index contributed by atoms with van der Waals surface area (Å²) >= 11 is 0. The molecule has 0 aliphatic carbocycles. The van der Waals surface area contributed by atoms with E-state index >= 15 is 0 Å². The van der Waals surface area contributed by atoms with Gasteiger partial charge in [-0.3, -0.25) is 4.98 Å². The van der Waals surface area contributed by atoms with Gasteiger partial charge in [0, 0.05) is 28.9 Å². The van der Waals surface area contributed by atoms with Crippen molar-refractivity contribution in [1.82, 2.24) is 9.97 Å². The molecule has 0 saturated heterocycles. The molecule has 0 atom stereocenters. The highest BCUT2D eigenvalue weighted by Crippen LogP contribution is 2.29. The fourth-order valence-electron chi connectivity index (χ4n) is 2.63. The van der Waals surface area contributed by atoms with E-state index in [1.807, 2.05) is 0 Å². The van der Waals surface area contributed by atoms with Crippen LogP contribution in [0.1, 0.15) is 10.4 Å². The second-order valence-corrected chi connectivity index (χ2v) is 5.39. The summed E-state index contributed by atoms with van der Waals surface area (Å²) in [6.45, 7) is 0. The molecule has 0 bridgehead atoms. The molecule has 0 saturated carbocycles. The van der Waals surface area contributed by atoms with Crippen molar-refractivity contribution < 1.29 is 14.3 Å². The number of rotatable bonds is 3. The molecule has 4 aromatic rings. The fourth-order valence-corrected chi connectivity index (χ4v) is 2.63. The minimum Gasteiger partial charge on any atom is -0.477 e. The van der Waals surface area contributed by atoms with Crippen LogP contribution >= 0.6 is 0 Å². The maximum Gasteiger partial charge on any atom is 0.344 e. The largest absolute Gasteiger partial charge is 0.477 e. The molecular weight excluding hydrogens is 321 g/mol. The van der Waals surface area contributed by atoms with Crippen LogP contribution in [0.2, 0.25) is 0 Å². The molecule has 6 heteroatoms. The molecule has 0 spiro atoms. The smallest absolute Gasteiger partial charge is 0.344 e. The Morgan fingerprint density at radius 3 is 2.84 bits per heavy atom. The van der Waals surface area contributed by atoms with Crippen LogP contribution in [0, 0.1) is 17.9 Å². The average molecular weight is 331 g/mol. The number of fused-ring (bicyclic) bond motifs is 3. The Kier molecular flexibility index (Phi) is 3.40. The Morgan fingerprint density at radius 2 is 2.04 bits per heavy atom. The van der Waals surface area contributed by atoms with Crippen LogP contribution in [0.3, 0.4) is 0 Å². The van der Waals surface area contributed by atoms with Gasteiger partial charge in [-0.25, -0.2) is 14.2 Å². The van der Waals surface area contributed by atoms with Crippen LogP contribution in [0.4, 0.5) is 15.9 Å². The Bertz CT molecular complexity index is 1130. The van der Waals surface area contributed by atoms with Gasteiger partial charge in [0.25, 0.3) is 0 Å². The van der Waals surface area contributed by atoms with Gasteiger partial charge in [0.05, 0.1) is 10.9 Å². The lowest BCUT2D eigenvalue weighted by Gasteiger charge is -2.10. The van der Waals surface area contributed by atoms with Crippen LogP contribution in [0.25, 0.3) is 21.7 Å². The molecule has 0 amide bonds. The van der Waals surface area contributed by atoms with Gasteiger partial charge in [-0.2, -0.15) is 0 Å². The topological polar surface area (TPSA) is 75.1 Å². The Balaban J connectivity index is 1.96. The van der Waals surface area contributed by atoms with Crippen LogP contribution < -0.4 is 5.32 Å². The summed E-state index contributed by atoms with van der Waals surface area (Å²) < 4.78 is 13.4. The van der Waals surface area contributed by atoms with Crippen LogP contribution in [-0.4, -0.2) is 21.0 Å². The summed E-state index contributed by atoms with van der Waals surface area (Å²) in [6.07, 6.45) is 3.27. The number of nitrogens with zero attached hydrogens (tertiary/aromatic N) is 2. The molecule has 0 aliphatic heterocycles. The molecular formula is C19H10FN3O2. The molecule has 0 aliphatic rings. The molecule has 2 heterocycles. The second kappa shape index (κ2) is 5.73. The van der Waals surface area contributed by atoms with E-state index in [0.29, 0.717) is 27.8 Å². The van der Waals surface area contributed by atoms with Gasteiger partial charge in [0.2, 0.25) is 0 Å². The zero-order chi connectivity index (χ0) is 17.4. The zero-order valence-corrected chi connectivity index (χ0v) is 12.7. The molecule has 2 aromatic carbocycles. The first-order valence-electron chi connectivity index (χ1n) is 7.39. The predicted molar refractivity (Wildman–Crippen MR) is 91.4 cm³/mol. The van der Waals surface area contributed by atoms with E-state index < -0.39 is 5.97 Å². The lowest BCUT2D eigenvalue weighted by atomic mass is 10.1. The maximum atomic E-state index is 13.4. The van der Waals surface area contributed by atoms with Crippen molar-refractivity contribution in [2.24, 2.45) is 0 Å². The highest BCUT2D eigenvalue weighted by atomic mass is 19.1. The number of hydrogen-bond donors (Lipinski definition) is 2. The van der Waals surface area contributed by atoms with E-state index in [2.05, 4.69) is 27.4 Å². The standard InChI is InChI=1S/C19H10FN3O2/c20-12-2-1-3-13(9-12)22-18-16-10-21-7-6-14(16)15-5-4-11(19(24)25)8-17(15)23-18/h1-3,6-10H,(H,22,23)(H,24,25). The number of carbonyl (C=O) groups is 1. The predicted octanol–water partition coefficient (Wildman–Crippen LogP) is 3.96. The van der Waals surface area contributed by atoms with Gasteiger partial charge in [-0.05, 0) is 30.3 Å². The monoisotopic (exact) mass is 331 g/mol. The number of pyridine rings is 2. The van der Waals surface area contributed by atoms with E-state index in [4.69, 9.17) is 5.11 Å². The number of halogens is 1. The van der Waals surface area contributed by atoms with Gasteiger partial charge in [-0.1, -0.05) is 18.2 Å². The molecule has 120 valence electrons. The summed E-state index contributed by atoms with van der Waals surface area (Å²) in [6, 6.07) is 14.7. The molecule has 2 aromatic heterocycles. The molecule has 0 fully saturated rings. The summed E-state index contributed by atoms with van der Waals surface area (Å²) in [5, 5.41) is 14.4. The Hall–Kier alpha value is -3.72. The van der Waals surface area contributed by atoms with E-state index in [1.54, 1.807) is 30.6 Å².